The molecule has 0 aliphatic carbocycles. The van der Waals surface area contributed by atoms with Gasteiger partial charge in [0.2, 0.25) is 0 Å². The van der Waals surface area contributed by atoms with Crippen molar-refractivity contribution in [3.05, 3.63) is 0 Å². The fourth-order valence-corrected chi connectivity index (χ4v) is 0.816. The van der Waals surface area contributed by atoms with Crippen LogP contribution in [0, 0.1) is 0 Å². The van der Waals surface area contributed by atoms with Crippen molar-refractivity contribution in [3.8, 4) is 0 Å². The van der Waals surface area contributed by atoms with E-state index in [0.29, 0.717) is 0 Å². The lowest BCUT2D eigenvalue weighted by Gasteiger charge is -2.11. The van der Waals surface area contributed by atoms with Gasteiger partial charge in [0.15, 0.2) is 11.6 Å². The highest BCUT2D eigenvalue weighted by atomic mass is 16.4. The van der Waals surface area contributed by atoms with Crippen LogP contribution in [-0.4, -0.2) is 103 Å². The van der Waals surface area contributed by atoms with Gasteiger partial charge < -0.3 is 40.9 Å². The second kappa shape index (κ2) is 11.8. The molecule has 0 aromatic heterocycles. The van der Waals surface area contributed by atoms with Crippen molar-refractivity contribution in [2.45, 2.75) is 24.4 Å². The third-order valence-corrected chi connectivity index (χ3v) is 2.07. The average molecular weight is 300 g/mol. The number of carbonyl (C=O) groups is 2. The molecule has 0 aromatic carbocycles. The van der Waals surface area contributed by atoms with Gasteiger partial charge in [-0.05, 0) is 0 Å². The van der Waals surface area contributed by atoms with Crippen LogP contribution in [0.5, 0.6) is 0 Å². The van der Waals surface area contributed by atoms with Crippen molar-refractivity contribution in [1.82, 2.24) is 0 Å². The molecule has 0 rings (SSSR count). The maximum absolute atomic E-state index is 10.3. The highest BCUT2D eigenvalue weighted by molar-refractivity contribution is 5.84. The minimum atomic E-state index is -1.69. The van der Waals surface area contributed by atoms with Gasteiger partial charge in [-0.3, -0.25) is 9.59 Å². The number of Topliss-reactive ketones (excluding diaryl/α,β-unsaturated/α-hetero) is 2. The summed E-state index contributed by atoms with van der Waals surface area (Å²) in [4.78, 5) is 20.7. The number of carbonyl (C=O) groups excluding carboxylic acids is 2. The second-order valence-electron chi connectivity index (χ2n) is 3.64. The van der Waals surface area contributed by atoms with Crippen molar-refractivity contribution in [1.29, 1.82) is 0 Å². The number of aliphatic hydroxyl groups excluding tert-OH is 8. The standard InChI is InChI=1S/2C5H10O5/c2*6-1-3(8)5(10)4(9)2-7/h2*3,5-8,10H,1-2H2. The van der Waals surface area contributed by atoms with Crippen molar-refractivity contribution in [3.63, 3.8) is 0 Å². The van der Waals surface area contributed by atoms with Gasteiger partial charge in [-0.1, -0.05) is 0 Å². The van der Waals surface area contributed by atoms with Crippen molar-refractivity contribution in [2.75, 3.05) is 26.4 Å². The average Bonchev–Trinajstić information content (AvgIpc) is 2.50. The fourth-order valence-electron chi connectivity index (χ4n) is 0.816. The smallest absolute Gasteiger partial charge is 0.189 e. The molecule has 0 bridgehead atoms. The van der Waals surface area contributed by atoms with Gasteiger partial charge in [-0.25, -0.2) is 0 Å². The van der Waals surface area contributed by atoms with Crippen LogP contribution in [0.2, 0.25) is 0 Å². The topological polar surface area (TPSA) is 196 Å². The lowest BCUT2D eigenvalue weighted by Crippen LogP contribution is -2.37. The normalized spacial score (nSPS) is 16.4. The van der Waals surface area contributed by atoms with Crippen LogP contribution < -0.4 is 0 Å². The highest BCUT2D eigenvalue weighted by Crippen LogP contribution is 1.93. The summed E-state index contributed by atoms with van der Waals surface area (Å²) in [7, 11) is 0. The maximum atomic E-state index is 10.3. The van der Waals surface area contributed by atoms with Crippen LogP contribution in [0.15, 0.2) is 0 Å². The largest absolute Gasteiger partial charge is 0.394 e. The molecule has 0 aromatic rings. The third kappa shape index (κ3) is 8.24. The lowest BCUT2D eigenvalue weighted by molar-refractivity contribution is -0.137. The highest BCUT2D eigenvalue weighted by Gasteiger charge is 2.22. The van der Waals surface area contributed by atoms with Gasteiger partial charge in [0, 0.05) is 0 Å². The van der Waals surface area contributed by atoms with Crippen molar-refractivity contribution >= 4 is 11.6 Å². The molecule has 8 N–H and O–H groups in total. The summed E-state index contributed by atoms with van der Waals surface area (Å²) in [5.74, 6) is -1.80. The summed E-state index contributed by atoms with van der Waals surface area (Å²) in [6, 6.07) is 0. The fraction of sp³-hybridized carbons (Fsp3) is 0.800. The van der Waals surface area contributed by atoms with Gasteiger partial charge in [-0.2, -0.15) is 0 Å². The lowest BCUT2D eigenvalue weighted by atomic mass is 10.1. The number of rotatable bonds is 8. The SMILES string of the molecule is O=C(CO)C(O)C(O)CO.O=C(CO)C(O)C(O)CO. The molecule has 0 radical (unpaired) electrons. The zero-order chi connectivity index (χ0) is 16.3. The summed E-state index contributed by atoms with van der Waals surface area (Å²) in [5.41, 5.74) is 0. The monoisotopic (exact) mass is 300 g/mol. The Morgan fingerprint density at radius 2 is 0.900 bits per heavy atom. The predicted octanol–water partition coefficient (Wildman–Crippen LogP) is -5.48. The van der Waals surface area contributed by atoms with Gasteiger partial charge in [-0.15, -0.1) is 0 Å². The van der Waals surface area contributed by atoms with E-state index in [0.717, 1.165) is 0 Å². The molecule has 10 nitrogen and oxygen atoms in total. The minimum absolute atomic E-state index is 0.701. The Labute approximate surface area is 114 Å². The molecular weight excluding hydrogens is 280 g/mol. The molecule has 20 heavy (non-hydrogen) atoms. The Balaban J connectivity index is 0. The molecule has 120 valence electrons. The molecule has 0 fully saturated rings. The first kappa shape index (κ1) is 21.3. The summed E-state index contributed by atoms with van der Waals surface area (Å²) in [5, 5.41) is 67.2. The van der Waals surface area contributed by atoms with Crippen LogP contribution in [0.1, 0.15) is 0 Å². The molecule has 0 heterocycles. The number of hydrogen-bond acceptors (Lipinski definition) is 10. The Morgan fingerprint density at radius 3 is 1.05 bits per heavy atom. The first-order chi connectivity index (χ1) is 9.26. The number of aliphatic hydroxyl groups is 8. The summed E-state index contributed by atoms with van der Waals surface area (Å²) in [6.45, 7) is -3.07. The van der Waals surface area contributed by atoms with E-state index in [9.17, 15) is 9.59 Å². The van der Waals surface area contributed by atoms with Crippen molar-refractivity contribution < 1.29 is 50.4 Å². The van der Waals surface area contributed by atoms with Gasteiger partial charge in [0.25, 0.3) is 0 Å². The van der Waals surface area contributed by atoms with Crippen molar-refractivity contribution in [2.24, 2.45) is 0 Å². The van der Waals surface area contributed by atoms with Gasteiger partial charge in [0.1, 0.15) is 37.6 Å². The van der Waals surface area contributed by atoms with Crippen LogP contribution in [0.4, 0.5) is 0 Å². The zero-order valence-electron chi connectivity index (χ0n) is 10.5. The molecule has 0 saturated heterocycles. The Morgan fingerprint density at radius 1 is 0.650 bits per heavy atom. The minimum Gasteiger partial charge on any atom is -0.394 e. The summed E-state index contributed by atoms with van der Waals surface area (Å²) in [6.07, 6.45) is -6.37. The van der Waals surface area contributed by atoms with E-state index in [1.807, 2.05) is 0 Å². The molecule has 0 aliphatic rings. The van der Waals surface area contributed by atoms with E-state index >= 15 is 0 Å². The first-order valence-corrected chi connectivity index (χ1v) is 5.47. The summed E-state index contributed by atoms with van der Waals surface area (Å²) >= 11 is 0. The van der Waals surface area contributed by atoms with E-state index in [2.05, 4.69) is 0 Å². The Hall–Kier alpha value is -0.980. The molecule has 4 atom stereocenters. The van der Waals surface area contributed by atoms with Crippen LogP contribution in [-0.2, 0) is 9.59 Å². The molecule has 0 spiro atoms. The summed E-state index contributed by atoms with van der Waals surface area (Å²) < 4.78 is 0. The van der Waals surface area contributed by atoms with Crippen LogP contribution in [0.25, 0.3) is 0 Å². The Kier molecular flexibility index (Phi) is 12.6. The van der Waals surface area contributed by atoms with E-state index < -0.39 is 62.4 Å². The van der Waals surface area contributed by atoms with Gasteiger partial charge >= 0.3 is 0 Å². The molecule has 0 saturated carbocycles. The molecule has 0 aliphatic heterocycles. The van der Waals surface area contributed by atoms with Crippen LogP contribution >= 0.6 is 0 Å². The van der Waals surface area contributed by atoms with E-state index in [-0.39, 0.29) is 0 Å². The van der Waals surface area contributed by atoms with E-state index in [1.165, 1.54) is 0 Å². The van der Waals surface area contributed by atoms with E-state index in [4.69, 9.17) is 40.9 Å². The molecular formula is C10H20O10. The number of hydrogen-bond donors (Lipinski definition) is 8. The number of ketones is 2. The molecule has 4 unspecified atom stereocenters. The van der Waals surface area contributed by atoms with E-state index in [1.54, 1.807) is 0 Å². The molecule has 10 heteroatoms. The van der Waals surface area contributed by atoms with Gasteiger partial charge in [0.05, 0.1) is 13.2 Å². The Bertz CT molecular complexity index is 253. The third-order valence-electron chi connectivity index (χ3n) is 2.07. The molecule has 0 amide bonds. The quantitative estimate of drug-likeness (QED) is 0.214. The first-order valence-electron chi connectivity index (χ1n) is 5.47. The maximum Gasteiger partial charge on any atom is 0.189 e. The predicted molar refractivity (Wildman–Crippen MR) is 62.4 cm³/mol. The second-order valence-corrected chi connectivity index (χ2v) is 3.64. The van der Waals surface area contributed by atoms with Crippen LogP contribution in [0.3, 0.4) is 0 Å². The zero-order valence-corrected chi connectivity index (χ0v) is 10.5.